The summed E-state index contributed by atoms with van der Waals surface area (Å²) in [6.07, 6.45) is 5.74. The number of ether oxygens (including phenoxy) is 2. The number of carbonyl (C=O) groups is 1. The Morgan fingerprint density at radius 3 is 2.65 bits per heavy atom. The van der Waals surface area contributed by atoms with Crippen LogP contribution in [0.2, 0.25) is 0 Å². The molecular formula is C19H27NO5S. The first-order chi connectivity index (χ1) is 12.5. The number of methoxy groups -OCH3 is 1. The van der Waals surface area contributed by atoms with Gasteiger partial charge in [0.15, 0.2) is 5.05 Å². The predicted octanol–water partition coefficient (Wildman–Crippen LogP) is 4.91. The van der Waals surface area contributed by atoms with Crippen molar-refractivity contribution in [2.24, 2.45) is 5.92 Å². The van der Waals surface area contributed by atoms with Crippen molar-refractivity contribution >= 4 is 29.2 Å². The minimum Gasteiger partial charge on any atom is -0.496 e. The van der Waals surface area contributed by atoms with Crippen LogP contribution in [0.5, 0.6) is 5.75 Å². The molecule has 1 aromatic carbocycles. The summed E-state index contributed by atoms with van der Waals surface area (Å²) in [4.78, 5) is 21.8. The highest BCUT2D eigenvalue weighted by atomic mass is 32.1. The lowest BCUT2D eigenvalue weighted by Crippen LogP contribution is -2.13. The Morgan fingerprint density at radius 2 is 2.12 bits per heavy atom. The molecule has 6 nitrogen and oxygen atoms in total. The van der Waals surface area contributed by atoms with Crippen molar-refractivity contribution in [1.82, 2.24) is 0 Å². The van der Waals surface area contributed by atoms with Crippen molar-refractivity contribution in [3.8, 4) is 5.75 Å². The molecule has 0 heterocycles. The third-order valence-electron chi connectivity index (χ3n) is 4.36. The number of unbranched alkanes of at least 4 members (excludes halogenated alkanes) is 1. The van der Waals surface area contributed by atoms with Gasteiger partial charge < -0.3 is 9.47 Å². The molecule has 0 spiro atoms. The van der Waals surface area contributed by atoms with Crippen molar-refractivity contribution in [3.05, 3.63) is 33.4 Å². The smallest absolute Gasteiger partial charge is 0.277 e. The zero-order valence-corrected chi connectivity index (χ0v) is 16.5. The summed E-state index contributed by atoms with van der Waals surface area (Å²) in [5.41, 5.74) is 0.494. The predicted molar refractivity (Wildman–Crippen MR) is 105 cm³/mol. The maximum atomic E-state index is 11.3. The number of nitro benzene ring substituents is 1. The van der Waals surface area contributed by atoms with E-state index in [4.69, 9.17) is 21.7 Å². The number of benzene rings is 1. The van der Waals surface area contributed by atoms with Crippen molar-refractivity contribution in [3.63, 3.8) is 0 Å². The largest absolute Gasteiger partial charge is 0.496 e. The van der Waals surface area contributed by atoms with Crippen LogP contribution in [0.4, 0.5) is 5.69 Å². The van der Waals surface area contributed by atoms with E-state index < -0.39 is 4.92 Å². The van der Waals surface area contributed by atoms with Gasteiger partial charge >= 0.3 is 0 Å². The molecule has 144 valence electrons. The number of hydrogen-bond donors (Lipinski definition) is 0. The number of rotatable bonds is 12. The number of nitro groups is 1. The highest BCUT2D eigenvalue weighted by Crippen LogP contribution is 2.31. The highest BCUT2D eigenvalue weighted by molar-refractivity contribution is 7.80. The molecule has 0 aliphatic carbocycles. The molecule has 1 atom stereocenters. The molecule has 1 rings (SSSR count). The Hall–Kier alpha value is -2.02. The minimum atomic E-state index is -0.507. The monoisotopic (exact) mass is 381 g/mol. The maximum Gasteiger partial charge on any atom is 0.277 e. The topological polar surface area (TPSA) is 78.7 Å². The molecular weight excluding hydrogens is 354 g/mol. The van der Waals surface area contributed by atoms with E-state index in [9.17, 15) is 14.9 Å². The van der Waals surface area contributed by atoms with Crippen molar-refractivity contribution < 1.29 is 19.2 Å². The van der Waals surface area contributed by atoms with E-state index in [1.807, 2.05) is 0 Å². The summed E-state index contributed by atoms with van der Waals surface area (Å²) in [7, 11) is 1.42. The Balaban J connectivity index is 2.75. The molecule has 26 heavy (non-hydrogen) atoms. The van der Waals surface area contributed by atoms with E-state index in [-0.39, 0.29) is 11.3 Å². The summed E-state index contributed by atoms with van der Waals surface area (Å²) in [6.45, 7) is 4.88. The number of aldehydes is 1. The minimum absolute atomic E-state index is 0.136. The number of nitrogens with zero attached hydrogens (tertiary/aromatic N) is 1. The van der Waals surface area contributed by atoms with Crippen LogP contribution >= 0.6 is 12.2 Å². The SMILES string of the molecule is CCCCC(CC)COC(=S)CCc1c(OC)cc(C=O)cc1[N+](=O)[O-]. The van der Waals surface area contributed by atoms with Crippen molar-refractivity contribution in [2.75, 3.05) is 13.7 Å². The third-order valence-corrected chi connectivity index (χ3v) is 4.68. The lowest BCUT2D eigenvalue weighted by atomic mass is 10.0. The second kappa shape index (κ2) is 11.6. The quantitative estimate of drug-likeness (QED) is 0.221. The van der Waals surface area contributed by atoms with Gasteiger partial charge in [0.2, 0.25) is 0 Å². The Kier molecular flexibility index (Phi) is 9.80. The second-order valence-corrected chi connectivity index (χ2v) is 6.65. The van der Waals surface area contributed by atoms with Crippen LogP contribution in [0.25, 0.3) is 0 Å². The van der Waals surface area contributed by atoms with Crippen molar-refractivity contribution in [1.29, 1.82) is 0 Å². The molecule has 0 radical (unpaired) electrons. The van der Waals surface area contributed by atoms with Gasteiger partial charge in [-0.1, -0.05) is 33.1 Å². The van der Waals surface area contributed by atoms with E-state index in [0.29, 0.717) is 48.0 Å². The summed E-state index contributed by atoms with van der Waals surface area (Å²) < 4.78 is 10.9. The summed E-state index contributed by atoms with van der Waals surface area (Å²) in [5, 5.41) is 11.8. The van der Waals surface area contributed by atoms with Crippen LogP contribution in [0, 0.1) is 16.0 Å². The van der Waals surface area contributed by atoms with Gasteiger partial charge in [0.25, 0.3) is 5.69 Å². The molecule has 0 saturated heterocycles. The molecule has 7 heteroatoms. The van der Waals surface area contributed by atoms with Gasteiger partial charge in [-0.05, 0) is 37.0 Å². The van der Waals surface area contributed by atoms with E-state index in [1.165, 1.54) is 25.7 Å². The van der Waals surface area contributed by atoms with Gasteiger partial charge in [-0.3, -0.25) is 14.9 Å². The van der Waals surface area contributed by atoms with Gasteiger partial charge in [-0.15, -0.1) is 0 Å². The van der Waals surface area contributed by atoms with Crippen LogP contribution in [0.3, 0.4) is 0 Å². The zero-order valence-electron chi connectivity index (χ0n) is 15.7. The maximum absolute atomic E-state index is 11.3. The zero-order chi connectivity index (χ0) is 19.5. The molecule has 0 N–H and O–H groups in total. The molecule has 1 unspecified atom stereocenters. The van der Waals surface area contributed by atoms with Crippen LogP contribution in [0.15, 0.2) is 12.1 Å². The highest BCUT2D eigenvalue weighted by Gasteiger charge is 2.21. The molecule has 0 saturated carbocycles. The molecule has 0 bridgehead atoms. The lowest BCUT2D eigenvalue weighted by molar-refractivity contribution is -0.385. The average Bonchev–Trinajstić information content (AvgIpc) is 2.65. The first-order valence-corrected chi connectivity index (χ1v) is 9.33. The Morgan fingerprint density at radius 1 is 1.38 bits per heavy atom. The molecule has 1 aromatic rings. The van der Waals surface area contributed by atoms with Gasteiger partial charge in [0.05, 0.1) is 24.2 Å². The Bertz CT molecular complexity index is 633. The van der Waals surface area contributed by atoms with Crippen LogP contribution in [-0.4, -0.2) is 30.0 Å². The fraction of sp³-hybridized carbons (Fsp3) is 0.579. The first kappa shape index (κ1) is 22.0. The number of hydrogen-bond acceptors (Lipinski definition) is 6. The van der Waals surface area contributed by atoms with Crippen molar-refractivity contribution in [2.45, 2.75) is 52.4 Å². The average molecular weight is 381 g/mol. The normalized spacial score (nSPS) is 11.7. The summed E-state index contributed by atoms with van der Waals surface area (Å²) in [5.74, 6) is 0.794. The molecule has 0 aliphatic heterocycles. The first-order valence-electron chi connectivity index (χ1n) is 8.92. The van der Waals surface area contributed by atoms with Crippen LogP contribution in [-0.2, 0) is 11.2 Å². The van der Waals surface area contributed by atoms with E-state index >= 15 is 0 Å². The molecule has 0 aliphatic rings. The standard InChI is InChI=1S/C19H27NO5S/c1-4-6-7-14(5-2)13-25-19(26)9-8-16-17(20(22)23)10-15(12-21)11-18(16)24-3/h10-12,14H,4-9,13H2,1-3H3. The van der Waals surface area contributed by atoms with E-state index in [0.717, 1.165) is 19.3 Å². The second-order valence-electron chi connectivity index (χ2n) is 6.20. The molecule has 0 aromatic heterocycles. The van der Waals surface area contributed by atoms with Gasteiger partial charge in [-0.25, -0.2) is 0 Å². The van der Waals surface area contributed by atoms with E-state index in [1.54, 1.807) is 0 Å². The fourth-order valence-corrected chi connectivity index (χ4v) is 2.89. The van der Waals surface area contributed by atoms with E-state index in [2.05, 4.69) is 13.8 Å². The van der Waals surface area contributed by atoms with Gasteiger partial charge in [-0.2, -0.15) is 0 Å². The summed E-state index contributed by atoms with van der Waals surface area (Å²) in [6, 6.07) is 2.75. The Labute approximate surface area is 160 Å². The molecule has 0 fully saturated rings. The molecule has 0 amide bonds. The van der Waals surface area contributed by atoms with Gasteiger partial charge in [0, 0.05) is 18.1 Å². The number of thiocarbonyl (C=S) groups is 1. The van der Waals surface area contributed by atoms with Crippen LogP contribution < -0.4 is 4.74 Å². The number of carbonyl (C=O) groups excluding carboxylic acids is 1. The fourth-order valence-electron chi connectivity index (χ4n) is 2.72. The third kappa shape index (κ3) is 6.71. The van der Waals surface area contributed by atoms with Crippen LogP contribution in [0.1, 0.15) is 61.9 Å². The summed E-state index contributed by atoms with van der Waals surface area (Å²) >= 11 is 5.28. The van der Waals surface area contributed by atoms with Gasteiger partial charge in [0.1, 0.15) is 12.0 Å². The lowest BCUT2D eigenvalue weighted by Gasteiger charge is -2.16.